The third kappa shape index (κ3) is 18.1. The second kappa shape index (κ2) is 15.7. The fourth-order valence-corrected chi connectivity index (χ4v) is 0.575. The smallest absolute Gasteiger partial charge is 0.106 e. The van der Waals surface area contributed by atoms with E-state index in [0.29, 0.717) is 0 Å². The van der Waals surface area contributed by atoms with Crippen LogP contribution >= 0.6 is 11.8 Å². The van der Waals surface area contributed by atoms with E-state index < -0.39 is 0 Å². The molecule has 0 heterocycles. The third-order valence-corrected chi connectivity index (χ3v) is 1.06. The monoisotopic (exact) mass is 151 g/mol. The van der Waals surface area contributed by atoms with Crippen molar-refractivity contribution < 1.29 is 4.79 Å². The Balaban J connectivity index is 0. The van der Waals surface area contributed by atoms with Crippen LogP contribution in [0.1, 0.15) is 26.2 Å². The molecule has 0 fully saturated rings. The Morgan fingerprint density at radius 1 is 1.44 bits per heavy atom. The summed E-state index contributed by atoms with van der Waals surface area (Å²) < 4.78 is 0. The molecule has 0 rings (SSSR count). The highest BCUT2D eigenvalue weighted by atomic mass is 35.5. The summed E-state index contributed by atoms with van der Waals surface area (Å²) in [5.41, 5.74) is 0. The molecule has 0 aromatic carbocycles. The van der Waals surface area contributed by atoms with Crippen molar-refractivity contribution in [1.29, 1.82) is 0 Å². The van der Waals surface area contributed by atoms with E-state index in [-0.39, 0.29) is 0 Å². The molecule has 0 spiro atoms. The minimum atomic E-state index is 0.940. The maximum absolute atomic E-state index is 8.00. The molecule has 0 saturated heterocycles. The molecule has 2 nitrogen and oxygen atoms in total. The van der Waals surface area contributed by atoms with Gasteiger partial charge in [-0.2, -0.15) is 0 Å². The molecule has 0 aromatic rings. The zero-order chi connectivity index (χ0) is 7.54. The van der Waals surface area contributed by atoms with E-state index in [0.717, 1.165) is 6.54 Å². The van der Waals surface area contributed by atoms with Crippen LogP contribution < -0.4 is 4.84 Å². The Morgan fingerprint density at radius 2 is 2.00 bits per heavy atom. The van der Waals surface area contributed by atoms with Gasteiger partial charge in [-0.3, -0.25) is 0 Å². The second-order valence-corrected chi connectivity index (χ2v) is 1.86. The topological polar surface area (TPSA) is 29.1 Å². The van der Waals surface area contributed by atoms with Crippen molar-refractivity contribution in [3.8, 4) is 0 Å². The molecule has 0 saturated carbocycles. The molecule has 0 unspecified atom stereocenters. The molecule has 3 heteroatoms. The lowest BCUT2D eigenvalue weighted by molar-refractivity contribution is -0.0979. The number of hydrogen-bond acceptors (Lipinski definition) is 2. The molecule has 0 atom stereocenters. The number of nitrogens with one attached hydrogen (secondary N) is 1. The van der Waals surface area contributed by atoms with Crippen LogP contribution in [-0.4, -0.2) is 13.3 Å². The number of carbonyl (C=O) groups is 1. The van der Waals surface area contributed by atoms with Gasteiger partial charge >= 0.3 is 0 Å². The number of halogens is 1. The van der Waals surface area contributed by atoms with Crippen LogP contribution in [0.2, 0.25) is 0 Å². The lowest BCUT2D eigenvalue weighted by Crippen LogP contribution is -1.99. The predicted molar refractivity (Wildman–Crippen MR) is 40.5 cm³/mol. The van der Waals surface area contributed by atoms with Crippen molar-refractivity contribution >= 4 is 18.6 Å². The zero-order valence-corrected chi connectivity index (χ0v) is 6.58. The van der Waals surface area contributed by atoms with Crippen LogP contribution in [0.5, 0.6) is 0 Å². The van der Waals surface area contributed by atoms with Crippen LogP contribution in [0, 0.1) is 0 Å². The molecule has 1 N–H and O–H groups in total. The van der Waals surface area contributed by atoms with Crippen molar-refractivity contribution in [2.45, 2.75) is 26.2 Å². The van der Waals surface area contributed by atoms with Crippen LogP contribution in [-0.2, 0) is 4.79 Å². The average molecular weight is 152 g/mol. The highest BCUT2D eigenvalue weighted by Gasteiger charge is 1.80. The SMILES string of the molecule is C=O.CCCCCNCl. The molecule has 0 aromatic heterocycles. The van der Waals surface area contributed by atoms with E-state index >= 15 is 0 Å². The molecule has 9 heavy (non-hydrogen) atoms. The number of unbranched alkanes of at least 4 members (excludes halogenated alkanes) is 2. The van der Waals surface area contributed by atoms with E-state index in [9.17, 15) is 0 Å². The fourth-order valence-electron chi connectivity index (χ4n) is 0.442. The van der Waals surface area contributed by atoms with Crippen molar-refractivity contribution in [3.63, 3.8) is 0 Å². The van der Waals surface area contributed by atoms with Gasteiger partial charge in [0.15, 0.2) is 0 Å². The zero-order valence-electron chi connectivity index (χ0n) is 5.82. The molecule has 0 amide bonds. The van der Waals surface area contributed by atoms with Gasteiger partial charge in [-0.1, -0.05) is 19.8 Å². The van der Waals surface area contributed by atoms with Gasteiger partial charge in [0.1, 0.15) is 6.79 Å². The van der Waals surface area contributed by atoms with Gasteiger partial charge in [0.05, 0.1) is 0 Å². The van der Waals surface area contributed by atoms with Crippen LogP contribution in [0.15, 0.2) is 0 Å². The quantitative estimate of drug-likeness (QED) is 0.490. The van der Waals surface area contributed by atoms with E-state index in [1.54, 1.807) is 0 Å². The minimum absolute atomic E-state index is 0.940. The first-order chi connectivity index (χ1) is 4.41. The van der Waals surface area contributed by atoms with Gasteiger partial charge in [0, 0.05) is 6.54 Å². The maximum Gasteiger partial charge on any atom is 0.106 e. The Bertz CT molecular complexity index is 40.0. The van der Waals surface area contributed by atoms with Crippen LogP contribution in [0.3, 0.4) is 0 Å². The van der Waals surface area contributed by atoms with Crippen LogP contribution in [0.4, 0.5) is 0 Å². The molecule has 56 valence electrons. The molecule has 0 aliphatic carbocycles. The lowest BCUT2D eigenvalue weighted by atomic mass is 10.3. The highest BCUT2D eigenvalue weighted by Crippen LogP contribution is 1.90. The van der Waals surface area contributed by atoms with E-state index in [4.69, 9.17) is 16.6 Å². The Hall–Kier alpha value is -0.0800. The highest BCUT2D eigenvalue weighted by molar-refractivity contribution is 6.13. The summed E-state index contributed by atoms with van der Waals surface area (Å²) in [6.07, 6.45) is 3.73. The minimum Gasteiger partial charge on any atom is -0.307 e. The summed E-state index contributed by atoms with van der Waals surface area (Å²) in [4.78, 5) is 10.6. The first-order valence-corrected chi connectivity index (χ1v) is 3.42. The summed E-state index contributed by atoms with van der Waals surface area (Å²) in [5, 5.41) is 0. The third-order valence-electron chi connectivity index (χ3n) is 0.875. The Kier molecular flexibility index (Phi) is 20.3. The lowest BCUT2D eigenvalue weighted by Gasteiger charge is -1.91. The first kappa shape index (κ1) is 11.7. The molecular formula is C6H14ClNO. The summed E-state index contributed by atoms with van der Waals surface area (Å²) in [5.74, 6) is 0. The molecule has 0 aliphatic rings. The first-order valence-electron chi connectivity index (χ1n) is 3.04. The molecule has 0 bridgehead atoms. The van der Waals surface area contributed by atoms with Gasteiger partial charge < -0.3 is 4.79 Å². The van der Waals surface area contributed by atoms with Crippen molar-refractivity contribution in [2.75, 3.05) is 6.54 Å². The van der Waals surface area contributed by atoms with Gasteiger partial charge in [-0.25, -0.2) is 4.84 Å². The van der Waals surface area contributed by atoms with Gasteiger partial charge in [0.25, 0.3) is 0 Å². The number of hydrogen-bond donors (Lipinski definition) is 1. The van der Waals surface area contributed by atoms with Crippen molar-refractivity contribution in [3.05, 3.63) is 0 Å². The van der Waals surface area contributed by atoms with Crippen molar-refractivity contribution in [1.82, 2.24) is 4.84 Å². The fraction of sp³-hybridized carbons (Fsp3) is 0.833. The number of rotatable bonds is 4. The summed E-state index contributed by atoms with van der Waals surface area (Å²) in [7, 11) is 0. The van der Waals surface area contributed by atoms with Crippen LogP contribution in [0.25, 0.3) is 0 Å². The van der Waals surface area contributed by atoms with Crippen molar-refractivity contribution in [2.24, 2.45) is 0 Å². The molecular weight excluding hydrogens is 138 g/mol. The summed E-state index contributed by atoms with van der Waals surface area (Å²) in [6.45, 7) is 5.11. The number of carbonyl (C=O) groups excluding carboxylic acids is 1. The standard InChI is InChI=1S/C5H12ClN.CH2O/c1-2-3-4-5-7-6;1-2/h7H,2-5H2,1H3;1H2. The molecule has 0 radical (unpaired) electrons. The van der Waals surface area contributed by atoms with Gasteiger partial charge in [-0.05, 0) is 18.2 Å². The molecule has 0 aliphatic heterocycles. The maximum atomic E-state index is 8.00. The van der Waals surface area contributed by atoms with E-state index in [2.05, 4.69) is 11.8 Å². The normalized spacial score (nSPS) is 7.78. The van der Waals surface area contributed by atoms with Gasteiger partial charge in [-0.15, -0.1) is 0 Å². The van der Waals surface area contributed by atoms with Gasteiger partial charge in [0.2, 0.25) is 0 Å². The van der Waals surface area contributed by atoms with E-state index in [1.807, 2.05) is 6.79 Å². The summed E-state index contributed by atoms with van der Waals surface area (Å²) in [6, 6.07) is 0. The average Bonchev–Trinajstić information content (AvgIpc) is 1.94. The Labute approximate surface area is 61.7 Å². The predicted octanol–water partition coefficient (Wildman–Crippen LogP) is 1.74. The van der Waals surface area contributed by atoms with E-state index in [1.165, 1.54) is 19.3 Å². The largest absolute Gasteiger partial charge is 0.307 e. The second-order valence-electron chi connectivity index (χ2n) is 1.59. The Morgan fingerprint density at radius 3 is 2.33 bits per heavy atom. The summed E-state index contributed by atoms with van der Waals surface area (Å²) >= 11 is 5.19.